The summed E-state index contributed by atoms with van der Waals surface area (Å²) in [6.07, 6.45) is 3.51. The molecular formula is C18H25N4O2S+. The zero-order valence-electron chi connectivity index (χ0n) is 15.0. The standard InChI is InChI=1S/C18H24N4O2S/c1-20-17(12-4-5-12)19-22(18(20)25)11-21-7-6-13-8-15(23-2)16(24-3)9-14(13)10-21/h8-9,12H,4-7,10-11H2,1-3H3/p+1. The molecule has 1 aliphatic heterocycles. The average molecular weight is 361 g/mol. The van der Waals surface area contributed by atoms with Crippen molar-refractivity contribution in [3.63, 3.8) is 0 Å². The van der Waals surface area contributed by atoms with E-state index in [0.29, 0.717) is 5.92 Å². The minimum absolute atomic E-state index is 0.613. The summed E-state index contributed by atoms with van der Waals surface area (Å²) in [6.45, 7) is 2.83. The lowest BCUT2D eigenvalue weighted by Crippen LogP contribution is -3.11. The number of quaternary nitrogens is 1. The fourth-order valence-corrected chi connectivity index (χ4v) is 3.88. The van der Waals surface area contributed by atoms with Gasteiger partial charge in [0, 0.05) is 24.9 Å². The van der Waals surface area contributed by atoms with Crippen LogP contribution in [-0.2, 0) is 26.7 Å². The van der Waals surface area contributed by atoms with Gasteiger partial charge in [0.05, 0.1) is 20.8 Å². The van der Waals surface area contributed by atoms with Crippen LogP contribution in [0.3, 0.4) is 0 Å². The molecule has 0 saturated heterocycles. The molecule has 0 radical (unpaired) electrons. The predicted molar refractivity (Wildman–Crippen MR) is 96.8 cm³/mol. The molecule has 7 heteroatoms. The van der Waals surface area contributed by atoms with Gasteiger partial charge in [0.2, 0.25) is 4.77 Å². The quantitative estimate of drug-likeness (QED) is 0.819. The highest BCUT2D eigenvalue weighted by Crippen LogP contribution is 2.38. The SMILES string of the molecule is COc1cc2c(cc1OC)C[NH+](Cn1nc(C3CC3)n(C)c1=S)CC2. The van der Waals surface area contributed by atoms with Crippen molar-refractivity contribution in [2.75, 3.05) is 20.8 Å². The molecule has 1 fully saturated rings. The second-order valence-corrected chi connectivity index (χ2v) is 7.40. The molecule has 0 spiro atoms. The minimum atomic E-state index is 0.613. The van der Waals surface area contributed by atoms with Gasteiger partial charge in [-0.05, 0) is 42.8 Å². The monoisotopic (exact) mass is 361 g/mol. The molecular weight excluding hydrogens is 336 g/mol. The normalized spacial score (nSPS) is 19.6. The third-order valence-corrected chi connectivity index (χ3v) is 5.77. The van der Waals surface area contributed by atoms with Crippen LogP contribution in [0.4, 0.5) is 0 Å². The molecule has 1 N–H and O–H groups in total. The first kappa shape index (κ1) is 16.6. The number of aromatic nitrogens is 3. The number of nitrogens with one attached hydrogen (secondary N) is 1. The van der Waals surface area contributed by atoms with Crippen molar-refractivity contribution >= 4 is 12.2 Å². The minimum Gasteiger partial charge on any atom is -0.493 e. The Labute approximate surface area is 153 Å². The summed E-state index contributed by atoms with van der Waals surface area (Å²) in [5.74, 6) is 3.37. The average Bonchev–Trinajstić information content (AvgIpc) is 3.43. The Hall–Kier alpha value is -1.86. The number of methoxy groups -OCH3 is 2. The zero-order valence-corrected chi connectivity index (χ0v) is 15.9. The van der Waals surface area contributed by atoms with E-state index in [0.717, 1.165) is 48.3 Å². The molecule has 2 heterocycles. The van der Waals surface area contributed by atoms with Crippen molar-refractivity contribution in [2.45, 2.75) is 38.4 Å². The van der Waals surface area contributed by atoms with E-state index < -0.39 is 0 Å². The van der Waals surface area contributed by atoms with Crippen LogP contribution in [0.15, 0.2) is 12.1 Å². The van der Waals surface area contributed by atoms with Crippen LogP contribution >= 0.6 is 12.2 Å². The summed E-state index contributed by atoms with van der Waals surface area (Å²) >= 11 is 5.59. The van der Waals surface area contributed by atoms with E-state index in [1.54, 1.807) is 14.2 Å². The molecule has 1 saturated carbocycles. The molecule has 134 valence electrons. The van der Waals surface area contributed by atoms with Crippen molar-refractivity contribution in [3.05, 3.63) is 33.9 Å². The van der Waals surface area contributed by atoms with Crippen molar-refractivity contribution in [1.29, 1.82) is 0 Å². The molecule has 6 nitrogen and oxygen atoms in total. The maximum atomic E-state index is 5.59. The van der Waals surface area contributed by atoms with Gasteiger partial charge in [-0.1, -0.05) is 0 Å². The van der Waals surface area contributed by atoms with Crippen molar-refractivity contribution < 1.29 is 14.4 Å². The van der Waals surface area contributed by atoms with Crippen LogP contribution < -0.4 is 14.4 Å². The lowest BCUT2D eigenvalue weighted by atomic mass is 9.99. The number of fused-ring (bicyclic) bond motifs is 1. The number of ether oxygens (including phenoxy) is 2. The van der Waals surface area contributed by atoms with E-state index in [2.05, 4.69) is 16.7 Å². The fraction of sp³-hybridized carbons (Fsp3) is 0.556. The summed E-state index contributed by atoms with van der Waals surface area (Å²) < 4.78 is 15.8. The Morgan fingerprint density at radius 2 is 1.88 bits per heavy atom. The molecule has 1 aromatic carbocycles. The van der Waals surface area contributed by atoms with Crippen LogP contribution in [0.25, 0.3) is 0 Å². The summed E-state index contributed by atoms with van der Waals surface area (Å²) in [5.41, 5.74) is 2.67. The third kappa shape index (κ3) is 3.06. The van der Waals surface area contributed by atoms with Gasteiger partial charge in [-0.15, -0.1) is 0 Å². The van der Waals surface area contributed by atoms with E-state index in [9.17, 15) is 0 Å². The largest absolute Gasteiger partial charge is 0.493 e. The molecule has 4 rings (SSSR count). The second kappa shape index (κ2) is 6.46. The molecule has 1 aromatic heterocycles. The number of hydrogen-bond donors (Lipinski definition) is 1. The summed E-state index contributed by atoms with van der Waals surface area (Å²) in [4.78, 5) is 1.47. The van der Waals surface area contributed by atoms with Crippen LogP contribution in [0.5, 0.6) is 11.5 Å². The van der Waals surface area contributed by atoms with E-state index in [1.165, 1.54) is 28.9 Å². The number of rotatable bonds is 5. The summed E-state index contributed by atoms with van der Waals surface area (Å²) in [6, 6.07) is 4.23. The molecule has 2 aliphatic rings. The maximum Gasteiger partial charge on any atom is 0.202 e. The highest BCUT2D eigenvalue weighted by molar-refractivity contribution is 7.71. The van der Waals surface area contributed by atoms with Crippen LogP contribution in [0, 0.1) is 4.77 Å². The zero-order chi connectivity index (χ0) is 17.6. The number of hydrogen-bond acceptors (Lipinski definition) is 4. The summed E-state index contributed by atoms with van der Waals surface area (Å²) in [7, 11) is 5.41. The van der Waals surface area contributed by atoms with Crippen LogP contribution in [-0.4, -0.2) is 35.1 Å². The Bertz CT molecular complexity index is 853. The van der Waals surface area contributed by atoms with E-state index in [1.807, 2.05) is 11.7 Å². The van der Waals surface area contributed by atoms with Gasteiger partial charge in [-0.3, -0.25) is 0 Å². The summed E-state index contributed by atoms with van der Waals surface area (Å²) in [5, 5.41) is 4.79. The smallest absolute Gasteiger partial charge is 0.202 e. The molecule has 1 unspecified atom stereocenters. The molecule has 0 amide bonds. The molecule has 2 aromatic rings. The fourth-order valence-electron chi connectivity index (χ4n) is 3.68. The van der Waals surface area contributed by atoms with Gasteiger partial charge in [0.15, 0.2) is 18.2 Å². The molecule has 1 aliphatic carbocycles. The number of benzene rings is 1. The van der Waals surface area contributed by atoms with Gasteiger partial charge in [0.25, 0.3) is 0 Å². The molecule has 0 bridgehead atoms. The van der Waals surface area contributed by atoms with Crippen LogP contribution in [0.2, 0.25) is 0 Å². The van der Waals surface area contributed by atoms with Gasteiger partial charge >= 0.3 is 0 Å². The van der Waals surface area contributed by atoms with Gasteiger partial charge in [-0.25, -0.2) is 0 Å². The van der Waals surface area contributed by atoms with Crippen molar-refractivity contribution in [3.8, 4) is 11.5 Å². The van der Waals surface area contributed by atoms with Crippen molar-refractivity contribution in [1.82, 2.24) is 14.3 Å². The Morgan fingerprint density at radius 3 is 2.52 bits per heavy atom. The first-order valence-corrected chi connectivity index (χ1v) is 9.22. The first-order chi connectivity index (χ1) is 12.1. The molecule has 25 heavy (non-hydrogen) atoms. The molecule has 1 atom stereocenters. The highest BCUT2D eigenvalue weighted by Gasteiger charge is 2.30. The van der Waals surface area contributed by atoms with Gasteiger partial charge in [-0.2, -0.15) is 9.78 Å². The highest BCUT2D eigenvalue weighted by atomic mass is 32.1. The third-order valence-electron chi connectivity index (χ3n) is 5.28. The Balaban J connectivity index is 1.55. The predicted octanol–water partition coefficient (Wildman–Crippen LogP) is 1.44. The first-order valence-electron chi connectivity index (χ1n) is 8.81. The lowest BCUT2D eigenvalue weighted by Gasteiger charge is -2.26. The van der Waals surface area contributed by atoms with Crippen LogP contribution in [0.1, 0.15) is 35.7 Å². The second-order valence-electron chi connectivity index (χ2n) is 7.03. The topological polar surface area (TPSA) is 45.6 Å². The van der Waals surface area contributed by atoms with E-state index >= 15 is 0 Å². The van der Waals surface area contributed by atoms with Gasteiger partial charge in [0.1, 0.15) is 12.4 Å². The lowest BCUT2D eigenvalue weighted by molar-refractivity contribution is -0.939. The maximum absolute atomic E-state index is 5.59. The van der Waals surface area contributed by atoms with Gasteiger partial charge < -0.3 is 18.9 Å². The van der Waals surface area contributed by atoms with E-state index in [-0.39, 0.29) is 0 Å². The van der Waals surface area contributed by atoms with Crippen molar-refractivity contribution in [2.24, 2.45) is 7.05 Å². The Kier molecular flexibility index (Phi) is 4.29. The van der Waals surface area contributed by atoms with E-state index in [4.69, 9.17) is 26.8 Å². The Morgan fingerprint density at radius 1 is 1.20 bits per heavy atom. The number of nitrogens with zero attached hydrogens (tertiary/aromatic N) is 3.